The lowest BCUT2D eigenvalue weighted by atomic mass is 9.98. The molecule has 0 N–H and O–H groups in total. The monoisotopic (exact) mass is 494 g/mol. The van der Waals surface area contributed by atoms with E-state index in [1.807, 2.05) is 57.2 Å². The number of hydrogen-bond acceptors (Lipinski definition) is 5. The van der Waals surface area contributed by atoms with Gasteiger partial charge in [0, 0.05) is 9.35 Å². The number of rotatable bonds is 3. The van der Waals surface area contributed by atoms with E-state index in [1.165, 1.54) is 11.3 Å². The van der Waals surface area contributed by atoms with Gasteiger partial charge in [-0.1, -0.05) is 41.1 Å². The van der Waals surface area contributed by atoms with Crippen LogP contribution >= 0.6 is 27.3 Å². The summed E-state index contributed by atoms with van der Waals surface area (Å²) in [5.41, 5.74) is 3.37. The number of carbonyl (C=O) groups excluding carboxylic acids is 1. The first kappa shape index (κ1) is 20.2. The Morgan fingerprint density at radius 2 is 1.97 bits per heavy atom. The van der Waals surface area contributed by atoms with E-state index in [9.17, 15) is 9.59 Å². The van der Waals surface area contributed by atoms with E-state index in [4.69, 9.17) is 4.42 Å². The molecule has 0 saturated carbocycles. The van der Waals surface area contributed by atoms with Crippen molar-refractivity contribution >= 4 is 49.3 Å². The number of carbonyl (C=O) groups is 1. The number of nitrogens with zero attached hydrogens (tertiary/aromatic N) is 2. The highest BCUT2D eigenvalue weighted by atomic mass is 79.9. The van der Waals surface area contributed by atoms with Gasteiger partial charge >= 0.3 is 0 Å². The number of halogens is 1. The van der Waals surface area contributed by atoms with E-state index in [0.717, 1.165) is 32.6 Å². The predicted octanol–water partition coefficient (Wildman–Crippen LogP) is 5.94. The average molecular weight is 495 g/mol. The minimum Gasteiger partial charge on any atom is -0.450 e. The molecule has 1 atom stereocenters. The Balaban J connectivity index is 1.82. The van der Waals surface area contributed by atoms with Gasteiger partial charge in [-0.25, -0.2) is 4.98 Å². The molecular weight excluding hydrogens is 476 g/mol. The first-order valence-electron chi connectivity index (χ1n) is 10.0. The summed E-state index contributed by atoms with van der Waals surface area (Å²) >= 11 is 4.96. The number of fused-ring (bicyclic) bond motifs is 2. The van der Waals surface area contributed by atoms with Crippen molar-refractivity contribution in [3.8, 4) is 0 Å². The molecule has 0 saturated heterocycles. The van der Waals surface area contributed by atoms with Crippen LogP contribution < -0.4 is 10.3 Å². The van der Waals surface area contributed by atoms with E-state index in [2.05, 4.69) is 20.9 Å². The zero-order chi connectivity index (χ0) is 21.9. The number of aryl methyl sites for hydroxylation is 3. The predicted molar refractivity (Wildman–Crippen MR) is 126 cm³/mol. The number of aromatic nitrogens is 1. The van der Waals surface area contributed by atoms with Gasteiger partial charge in [0.2, 0.25) is 5.76 Å². The summed E-state index contributed by atoms with van der Waals surface area (Å²) < 4.78 is 6.91. The fraction of sp³-hybridized carbons (Fsp3) is 0.208. The molecule has 5 nitrogen and oxygen atoms in total. The van der Waals surface area contributed by atoms with Gasteiger partial charge in [-0.05, 0) is 55.7 Å². The van der Waals surface area contributed by atoms with E-state index in [1.54, 1.807) is 11.0 Å². The lowest BCUT2D eigenvalue weighted by Gasteiger charge is -2.22. The standard InChI is InChI=1S/C24H19BrN2O3S/c1-4-14-8-9-18-17(10-14)21(28)19-20(15-6-5-7-16(25)11-15)27(23(29)22(19)30-18)24-26-12(2)13(3)31-24/h5-11,20H,4H2,1-3H3. The third-order valence-electron chi connectivity index (χ3n) is 5.73. The summed E-state index contributed by atoms with van der Waals surface area (Å²) in [6.07, 6.45) is 0.810. The molecule has 5 rings (SSSR count). The van der Waals surface area contributed by atoms with Crippen LogP contribution in [0, 0.1) is 13.8 Å². The Hall–Kier alpha value is -2.77. The van der Waals surface area contributed by atoms with Crippen molar-refractivity contribution in [2.24, 2.45) is 0 Å². The van der Waals surface area contributed by atoms with Crippen LogP contribution in [0.4, 0.5) is 5.13 Å². The first-order valence-corrected chi connectivity index (χ1v) is 11.6. The zero-order valence-corrected chi connectivity index (χ0v) is 19.6. The van der Waals surface area contributed by atoms with Gasteiger partial charge < -0.3 is 4.42 Å². The van der Waals surface area contributed by atoms with Crippen LogP contribution in [-0.2, 0) is 6.42 Å². The largest absolute Gasteiger partial charge is 0.450 e. The number of thiazole rings is 1. The molecule has 1 aliphatic rings. The summed E-state index contributed by atoms with van der Waals surface area (Å²) in [7, 11) is 0. The lowest BCUT2D eigenvalue weighted by molar-refractivity contribution is 0.0971. The Morgan fingerprint density at radius 1 is 1.16 bits per heavy atom. The van der Waals surface area contributed by atoms with Crippen LogP contribution in [-0.4, -0.2) is 10.9 Å². The fourth-order valence-corrected chi connectivity index (χ4v) is 5.34. The maximum absolute atomic E-state index is 13.7. The molecular formula is C24H19BrN2O3S. The van der Waals surface area contributed by atoms with Gasteiger partial charge in [0.1, 0.15) is 5.58 Å². The normalized spacial score (nSPS) is 15.7. The minimum atomic E-state index is -0.601. The number of amides is 1. The third kappa shape index (κ3) is 3.15. The smallest absolute Gasteiger partial charge is 0.297 e. The molecule has 31 heavy (non-hydrogen) atoms. The fourth-order valence-electron chi connectivity index (χ4n) is 3.99. The molecule has 0 aliphatic carbocycles. The third-order valence-corrected chi connectivity index (χ3v) is 7.30. The minimum absolute atomic E-state index is 0.0947. The highest BCUT2D eigenvalue weighted by Gasteiger charge is 2.45. The summed E-state index contributed by atoms with van der Waals surface area (Å²) in [5, 5.41) is 1.06. The lowest BCUT2D eigenvalue weighted by Crippen LogP contribution is -2.29. The quantitative estimate of drug-likeness (QED) is 0.353. The van der Waals surface area contributed by atoms with Gasteiger partial charge in [0.15, 0.2) is 10.6 Å². The molecule has 2 aromatic heterocycles. The van der Waals surface area contributed by atoms with E-state index in [-0.39, 0.29) is 17.1 Å². The molecule has 0 radical (unpaired) electrons. The zero-order valence-electron chi connectivity index (χ0n) is 17.2. The van der Waals surface area contributed by atoms with Crippen LogP contribution in [0.1, 0.15) is 50.8 Å². The van der Waals surface area contributed by atoms with E-state index in [0.29, 0.717) is 21.7 Å². The SMILES string of the molecule is CCc1ccc2oc3c(c(=O)c2c1)C(c1cccc(Br)c1)N(c1nc(C)c(C)s1)C3=O. The van der Waals surface area contributed by atoms with Gasteiger partial charge in [0.25, 0.3) is 5.91 Å². The second-order valence-corrected chi connectivity index (χ2v) is 9.73. The van der Waals surface area contributed by atoms with Crippen molar-refractivity contribution in [3.05, 3.63) is 90.2 Å². The van der Waals surface area contributed by atoms with Crippen molar-refractivity contribution in [2.45, 2.75) is 33.2 Å². The molecule has 0 bridgehead atoms. The maximum atomic E-state index is 13.7. The molecule has 1 unspecified atom stereocenters. The molecule has 3 heterocycles. The van der Waals surface area contributed by atoms with Crippen LogP contribution in [0.5, 0.6) is 0 Å². The molecule has 156 valence electrons. The molecule has 7 heteroatoms. The number of anilines is 1. The van der Waals surface area contributed by atoms with Crippen LogP contribution in [0.15, 0.2) is 56.1 Å². The summed E-state index contributed by atoms with van der Waals surface area (Å²) in [6.45, 7) is 5.93. The summed E-state index contributed by atoms with van der Waals surface area (Å²) in [5.74, 6) is -0.246. The number of benzene rings is 2. The van der Waals surface area contributed by atoms with Crippen molar-refractivity contribution in [1.82, 2.24) is 4.98 Å². The topological polar surface area (TPSA) is 63.4 Å². The summed E-state index contributed by atoms with van der Waals surface area (Å²) in [6, 6.07) is 12.6. The molecule has 1 aliphatic heterocycles. The number of hydrogen-bond donors (Lipinski definition) is 0. The van der Waals surface area contributed by atoms with Gasteiger partial charge in [-0.2, -0.15) is 0 Å². The molecule has 4 aromatic rings. The Labute approximate surface area is 191 Å². The van der Waals surface area contributed by atoms with Crippen molar-refractivity contribution in [2.75, 3.05) is 4.90 Å². The Morgan fingerprint density at radius 3 is 2.65 bits per heavy atom. The molecule has 1 amide bonds. The Bertz CT molecular complexity index is 1400. The second-order valence-electron chi connectivity index (χ2n) is 7.63. The van der Waals surface area contributed by atoms with Crippen molar-refractivity contribution in [1.29, 1.82) is 0 Å². The van der Waals surface area contributed by atoms with Crippen molar-refractivity contribution in [3.63, 3.8) is 0 Å². The molecule has 2 aromatic carbocycles. The van der Waals surface area contributed by atoms with Gasteiger partial charge in [-0.3, -0.25) is 14.5 Å². The van der Waals surface area contributed by atoms with Crippen LogP contribution in [0.3, 0.4) is 0 Å². The second kappa shape index (κ2) is 7.43. The first-order chi connectivity index (χ1) is 14.9. The summed E-state index contributed by atoms with van der Waals surface area (Å²) in [4.78, 5) is 34.5. The molecule has 0 spiro atoms. The maximum Gasteiger partial charge on any atom is 0.297 e. The van der Waals surface area contributed by atoms with Crippen molar-refractivity contribution < 1.29 is 9.21 Å². The van der Waals surface area contributed by atoms with Gasteiger partial charge in [-0.15, -0.1) is 11.3 Å². The van der Waals surface area contributed by atoms with Crippen LogP contribution in [0.2, 0.25) is 0 Å². The van der Waals surface area contributed by atoms with Crippen LogP contribution in [0.25, 0.3) is 11.0 Å². The average Bonchev–Trinajstić information content (AvgIpc) is 3.24. The van der Waals surface area contributed by atoms with E-state index < -0.39 is 6.04 Å². The highest BCUT2D eigenvalue weighted by Crippen LogP contribution is 2.43. The molecule has 0 fully saturated rings. The van der Waals surface area contributed by atoms with E-state index >= 15 is 0 Å². The Kier molecular flexibility index (Phi) is 4.83. The van der Waals surface area contributed by atoms with Gasteiger partial charge in [0.05, 0.1) is 22.7 Å². The highest BCUT2D eigenvalue weighted by molar-refractivity contribution is 9.10.